The zero-order chi connectivity index (χ0) is 39.4. The molecule has 1 aliphatic rings. The van der Waals surface area contributed by atoms with Crippen molar-refractivity contribution in [2.75, 3.05) is 41.9 Å². The van der Waals surface area contributed by atoms with Crippen LogP contribution in [0.2, 0.25) is 0 Å². The molecule has 12 nitrogen and oxygen atoms in total. The first kappa shape index (κ1) is 45.1. The zero-order valence-electron chi connectivity index (χ0n) is 34.1. The number of nitrogens with zero attached hydrogens (tertiary/aromatic N) is 3. The van der Waals surface area contributed by atoms with Gasteiger partial charge in [0.25, 0.3) is 0 Å². The minimum Gasteiger partial charge on any atom is -0.386 e. The molecule has 1 heterocycles. The summed E-state index contributed by atoms with van der Waals surface area (Å²) in [7, 11) is 8.57. The Morgan fingerprint density at radius 3 is 2.02 bits per heavy atom. The van der Waals surface area contributed by atoms with Gasteiger partial charge in [-0.25, -0.2) is 0 Å². The van der Waals surface area contributed by atoms with Crippen molar-refractivity contribution in [3.63, 3.8) is 0 Å². The Labute approximate surface area is 313 Å². The van der Waals surface area contributed by atoms with Crippen LogP contribution in [0.25, 0.3) is 0 Å². The van der Waals surface area contributed by atoms with E-state index >= 15 is 0 Å². The molecule has 0 radical (unpaired) electrons. The maximum absolute atomic E-state index is 14.2. The lowest BCUT2D eigenvalue weighted by molar-refractivity contribution is -0.148. The first-order chi connectivity index (χ1) is 24.4. The number of hydrogen-bond donors (Lipinski definition) is 3. The average molecular weight is 732 g/mol. The molecule has 1 aromatic rings. The van der Waals surface area contributed by atoms with Gasteiger partial charge in [-0.2, -0.15) is 0 Å². The van der Waals surface area contributed by atoms with Gasteiger partial charge >= 0.3 is 0 Å². The molecule has 1 saturated heterocycles. The summed E-state index contributed by atoms with van der Waals surface area (Å²) in [5, 5.41) is 16.8. The molecule has 0 saturated carbocycles. The minimum absolute atomic E-state index is 0.0153. The van der Waals surface area contributed by atoms with Gasteiger partial charge in [0.2, 0.25) is 23.6 Å². The molecule has 1 fully saturated rings. The molecule has 1 aliphatic heterocycles. The number of aliphatic hydroxyl groups is 1. The molecule has 296 valence electrons. The monoisotopic (exact) mass is 732 g/mol. The largest absolute Gasteiger partial charge is 0.386 e. The van der Waals surface area contributed by atoms with Crippen molar-refractivity contribution < 1.29 is 33.8 Å². The zero-order valence-corrected chi connectivity index (χ0v) is 34.1. The number of likely N-dealkylation sites (tertiary alicyclic amines) is 1. The molecule has 2 rings (SSSR count). The molecule has 1 aromatic carbocycles. The van der Waals surface area contributed by atoms with E-state index in [0.717, 1.165) is 12.8 Å². The topological polar surface area (TPSA) is 141 Å². The maximum Gasteiger partial charge on any atom is 0.245 e. The second-order valence-electron chi connectivity index (χ2n) is 15.6. The highest BCUT2D eigenvalue weighted by Crippen LogP contribution is 2.30. The number of carbonyl (C=O) groups is 4. The van der Waals surface area contributed by atoms with E-state index in [1.54, 1.807) is 44.9 Å². The van der Waals surface area contributed by atoms with E-state index in [2.05, 4.69) is 10.6 Å². The van der Waals surface area contributed by atoms with Crippen molar-refractivity contribution in [2.24, 2.45) is 23.7 Å². The van der Waals surface area contributed by atoms with E-state index < -0.39 is 48.4 Å². The highest BCUT2D eigenvalue weighted by Gasteiger charge is 2.43. The van der Waals surface area contributed by atoms with E-state index in [0.29, 0.717) is 18.5 Å². The molecule has 0 bridgehead atoms. The van der Waals surface area contributed by atoms with E-state index in [1.807, 2.05) is 90.9 Å². The van der Waals surface area contributed by atoms with Gasteiger partial charge in [-0.05, 0) is 57.2 Å². The van der Waals surface area contributed by atoms with Crippen molar-refractivity contribution in [2.45, 2.75) is 130 Å². The molecule has 0 aromatic heterocycles. The van der Waals surface area contributed by atoms with Gasteiger partial charge in [0.1, 0.15) is 6.04 Å². The van der Waals surface area contributed by atoms with Gasteiger partial charge in [-0.15, -0.1) is 0 Å². The van der Waals surface area contributed by atoms with Crippen LogP contribution in [0.15, 0.2) is 30.3 Å². The highest BCUT2D eigenvalue weighted by atomic mass is 16.5. The average Bonchev–Trinajstić information content (AvgIpc) is 3.59. The third kappa shape index (κ3) is 11.5. The Bertz CT molecular complexity index is 1270. The van der Waals surface area contributed by atoms with Crippen LogP contribution in [0.4, 0.5) is 0 Å². The van der Waals surface area contributed by atoms with E-state index in [9.17, 15) is 24.3 Å². The third-order valence-corrected chi connectivity index (χ3v) is 10.9. The van der Waals surface area contributed by atoms with Gasteiger partial charge in [0, 0.05) is 27.8 Å². The second kappa shape index (κ2) is 21.0. The normalized spacial score (nSPS) is 20.1. The van der Waals surface area contributed by atoms with Crippen LogP contribution in [0.1, 0.15) is 92.7 Å². The summed E-state index contributed by atoms with van der Waals surface area (Å²) in [6.07, 6.45) is 0.148. The molecule has 3 N–H and O–H groups in total. The number of methoxy groups -OCH3 is 2. The van der Waals surface area contributed by atoms with Gasteiger partial charge in [0.15, 0.2) is 0 Å². The molecule has 10 atom stereocenters. The molecule has 2 unspecified atom stereocenters. The minimum atomic E-state index is -0.876. The number of rotatable bonds is 20. The number of amides is 4. The first-order valence-electron chi connectivity index (χ1n) is 19.0. The van der Waals surface area contributed by atoms with Crippen LogP contribution < -0.4 is 10.6 Å². The summed E-state index contributed by atoms with van der Waals surface area (Å²) >= 11 is 0. The van der Waals surface area contributed by atoms with Crippen LogP contribution in [0.3, 0.4) is 0 Å². The van der Waals surface area contributed by atoms with Crippen LogP contribution in [0, 0.1) is 23.7 Å². The fourth-order valence-electron chi connectivity index (χ4n) is 7.78. The van der Waals surface area contributed by atoms with E-state index in [4.69, 9.17) is 9.47 Å². The van der Waals surface area contributed by atoms with Crippen molar-refractivity contribution in [1.82, 2.24) is 25.3 Å². The molecule has 4 amide bonds. The molecule has 12 heteroatoms. The molecular formula is C40H69N5O7. The maximum atomic E-state index is 14.2. The second-order valence-corrected chi connectivity index (χ2v) is 15.6. The van der Waals surface area contributed by atoms with E-state index in [1.165, 1.54) is 0 Å². The Hall–Kier alpha value is -3.06. The summed E-state index contributed by atoms with van der Waals surface area (Å²) in [6, 6.07) is 6.72. The Balaban J connectivity index is 2.25. The standard InChI is InChI=1S/C40H69N5O7/c1-14-26(6)35(44(11)40(50)33(24(2)3)42-39(49)34(25(4)5)43(9)10)31(51-12)23-32(46)45-22-18-21-30(45)37(52-13)27(7)38(48)41-28(8)36(47)29-19-16-15-17-20-29/h15-17,19-20,24-28,30-31,33-37,47H,14,18,21-23H2,1-13H3,(H,41,48)(H,42,49)/t26-,27+,28+,30-,31+,33-,34-,35?,36+,37?/m0/s1. The Morgan fingerprint density at radius 2 is 1.52 bits per heavy atom. The van der Waals surface area contributed by atoms with Crippen molar-refractivity contribution in [3.8, 4) is 0 Å². The highest BCUT2D eigenvalue weighted by molar-refractivity contribution is 5.90. The van der Waals surface area contributed by atoms with Gasteiger partial charge in [0.05, 0.1) is 54.8 Å². The predicted molar refractivity (Wildman–Crippen MR) is 204 cm³/mol. The lowest BCUT2D eigenvalue weighted by Gasteiger charge is -2.41. The van der Waals surface area contributed by atoms with Gasteiger partial charge in [-0.1, -0.05) is 85.2 Å². The van der Waals surface area contributed by atoms with Crippen LogP contribution in [-0.4, -0.2) is 128 Å². The van der Waals surface area contributed by atoms with E-state index in [-0.39, 0.29) is 53.8 Å². The smallest absolute Gasteiger partial charge is 0.245 e. The van der Waals surface area contributed by atoms with Crippen LogP contribution >= 0.6 is 0 Å². The summed E-state index contributed by atoms with van der Waals surface area (Å²) in [4.78, 5) is 60.6. The van der Waals surface area contributed by atoms with Crippen molar-refractivity contribution in [3.05, 3.63) is 35.9 Å². The fourth-order valence-corrected chi connectivity index (χ4v) is 7.78. The number of carbonyl (C=O) groups excluding carboxylic acids is 4. The molecular weight excluding hydrogens is 662 g/mol. The Morgan fingerprint density at radius 1 is 0.904 bits per heavy atom. The number of hydrogen-bond acceptors (Lipinski definition) is 8. The molecule has 0 spiro atoms. The molecule has 52 heavy (non-hydrogen) atoms. The number of ether oxygens (including phenoxy) is 2. The quantitative estimate of drug-likeness (QED) is 0.184. The van der Waals surface area contributed by atoms with Crippen LogP contribution in [-0.2, 0) is 28.7 Å². The summed E-state index contributed by atoms with van der Waals surface area (Å²) in [6.45, 7) is 16.0. The van der Waals surface area contributed by atoms with Crippen molar-refractivity contribution in [1.29, 1.82) is 0 Å². The van der Waals surface area contributed by atoms with Crippen molar-refractivity contribution >= 4 is 23.6 Å². The summed E-state index contributed by atoms with van der Waals surface area (Å²) < 4.78 is 11.9. The Kier molecular flexibility index (Phi) is 18.2. The lowest BCUT2D eigenvalue weighted by Crippen LogP contribution is -2.59. The lowest BCUT2D eigenvalue weighted by atomic mass is 9.89. The number of likely N-dealkylation sites (N-methyl/N-ethyl adjacent to an activating group) is 2. The predicted octanol–water partition coefficient (Wildman–Crippen LogP) is 3.87. The van der Waals surface area contributed by atoms with Crippen LogP contribution in [0.5, 0.6) is 0 Å². The SMILES string of the molecule is CC[C@H](C)C([C@@H](CC(=O)N1CCC[C@H]1C(OC)[C@@H](C)C(=O)N[C@H](C)[C@@H](O)c1ccccc1)OC)N(C)C(=O)[C@@H](NC(=O)[C@H](C(C)C)N(C)C)C(C)C. The number of aliphatic hydroxyl groups excluding tert-OH is 1. The van der Waals surface area contributed by atoms with Gasteiger partial charge < -0.3 is 35.0 Å². The number of nitrogens with one attached hydrogen (secondary N) is 2. The number of benzene rings is 1. The summed E-state index contributed by atoms with van der Waals surface area (Å²) in [5.74, 6) is -1.57. The fraction of sp³-hybridized carbons (Fsp3) is 0.750. The first-order valence-corrected chi connectivity index (χ1v) is 19.0. The molecule has 0 aliphatic carbocycles. The van der Waals surface area contributed by atoms with Gasteiger partial charge in [-0.3, -0.25) is 24.1 Å². The summed E-state index contributed by atoms with van der Waals surface area (Å²) in [5.41, 5.74) is 0.711. The third-order valence-electron chi connectivity index (χ3n) is 10.9.